The van der Waals surface area contributed by atoms with Gasteiger partial charge < -0.3 is 10.1 Å². The van der Waals surface area contributed by atoms with E-state index in [0.717, 1.165) is 32.1 Å². The number of benzene rings is 2. The standard InChI is InChI=1S/C27H36N2O2/c1-27(2,3)31-26(30)23-11-9-21(10-12-23)19-29-15-13-20(14-16-29)18-28-25-17-24(25)22-7-5-4-6-8-22/h4-12,20,24-25,28H,13-19H2,1-3H3. The van der Waals surface area contributed by atoms with E-state index in [0.29, 0.717) is 17.5 Å². The Bertz CT molecular complexity index is 849. The van der Waals surface area contributed by atoms with E-state index in [4.69, 9.17) is 4.74 Å². The fraction of sp³-hybridized carbons (Fsp3) is 0.519. The van der Waals surface area contributed by atoms with Gasteiger partial charge in [-0.3, -0.25) is 4.90 Å². The second-order valence-electron chi connectivity index (χ2n) is 10.2. The van der Waals surface area contributed by atoms with Crippen LogP contribution in [0.3, 0.4) is 0 Å². The molecule has 1 saturated heterocycles. The van der Waals surface area contributed by atoms with Crippen LogP contribution in [0.1, 0.15) is 67.4 Å². The molecule has 2 aliphatic rings. The van der Waals surface area contributed by atoms with Crippen molar-refractivity contribution in [2.24, 2.45) is 5.92 Å². The molecule has 4 heteroatoms. The molecule has 1 aliphatic heterocycles. The molecule has 2 aromatic rings. The van der Waals surface area contributed by atoms with E-state index >= 15 is 0 Å². The fourth-order valence-corrected chi connectivity index (χ4v) is 4.50. The number of hydrogen-bond acceptors (Lipinski definition) is 4. The molecule has 1 heterocycles. The molecule has 166 valence electrons. The van der Waals surface area contributed by atoms with Crippen molar-refractivity contribution in [2.45, 2.75) is 64.1 Å². The average molecular weight is 421 g/mol. The van der Waals surface area contributed by atoms with Gasteiger partial charge in [-0.25, -0.2) is 4.79 Å². The average Bonchev–Trinajstić information content (AvgIpc) is 3.53. The number of carbonyl (C=O) groups excluding carboxylic acids is 1. The molecule has 1 saturated carbocycles. The summed E-state index contributed by atoms with van der Waals surface area (Å²) in [7, 11) is 0. The van der Waals surface area contributed by atoms with Crippen molar-refractivity contribution in [2.75, 3.05) is 19.6 Å². The molecule has 31 heavy (non-hydrogen) atoms. The molecule has 4 nitrogen and oxygen atoms in total. The summed E-state index contributed by atoms with van der Waals surface area (Å²) in [5.41, 5.74) is 2.90. The third-order valence-electron chi connectivity index (χ3n) is 6.39. The summed E-state index contributed by atoms with van der Waals surface area (Å²) in [5, 5.41) is 3.81. The minimum atomic E-state index is -0.461. The first-order valence-electron chi connectivity index (χ1n) is 11.7. The quantitative estimate of drug-likeness (QED) is 0.640. The molecule has 2 fully saturated rings. The zero-order valence-electron chi connectivity index (χ0n) is 19.1. The van der Waals surface area contributed by atoms with Crippen molar-refractivity contribution >= 4 is 5.97 Å². The van der Waals surface area contributed by atoms with Crippen LogP contribution in [-0.4, -0.2) is 42.1 Å². The lowest BCUT2D eigenvalue weighted by molar-refractivity contribution is 0.00695. The molecule has 4 rings (SSSR count). The molecule has 0 radical (unpaired) electrons. The molecule has 0 amide bonds. The summed E-state index contributed by atoms with van der Waals surface area (Å²) in [4.78, 5) is 14.7. The minimum absolute atomic E-state index is 0.252. The summed E-state index contributed by atoms with van der Waals surface area (Å²) in [6, 6.07) is 19.5. The van der Waals surface area contributed by atoms with Gasteiger partial charge in [0.25, 0.3) is 0 Å². The highest BCUT2D eigenvalue weighted by Gasteiger charge is 2.38. The Morgan fingerprint density at radius 3 is 2.35 bits per heavy atom. The molecule has 0 bridgehead atoms. The largest absolute Gasteiger partial charge is 0.456 e. The van der Waals surface area contributed by atoms with Crippen LogP contribution in [-0.2, 0) is 11.3 Å². The molecular formula is C27H36N2O2. The number of hydrogen-bond donors (Lipinski definition) is 1. The van der Waals surface area contributed by atoms with Crippen molar-refractivity contribution in [1.82, 2.24) is 10.2 Å². The van der Waals surface area contributed by atoms with Crippen LogP contribution in [0.25, 0.3) is 0 Å². The van der Waals surface area contributed by atoms with Gasteiger partial charge in [0.05, 0.1) is 5.56 Å². The maximum Gasteiger partial charge on any atom is 0.338 e. The van der Waals surface area contributed by atoms with Gasteiger partial charge in [0.15, 0.2) is 0 Å². The second kappa shape index (κ2) is 9.54. The van der Waals surface area contributed by atoms with Gasteiger partial charge in [-0.1, -0.05) is 42.5 Å². The topological polar surface area (TPSA) is 41.6 Å². The SMILES string of the molecule is CC(C)(C)OC(=O)c1ccc(CN2CCC(CNC3CC3c3ccccc3)CC2)cc1. The number of carbonyl (C=O) groups is 1. The predicted octanol–water partition coefficient (Wildman–Crippen LogP) is 5.00. The van der Waals surface area contributed by atoms with Crippen LogP contribution in [0.4, 0.5) is 0 Å². The van der Waals surface area contributed by atoms with E-state index in [1.165, 1.54) is 30.4 Å². The number of esters is 1. The number of likely N-dealkylation sites (tertiary alicyclic amines) is 1. The van der Waals surface area contributed by atoms with Crippen molar-refractivity contribution in [3.8, 4) is 0 Å². The molecule has 0 spiro atoms. The van der Waals surface area contributed by atoms with E-state index in [-0.39, 0.29) is 5.97 Å². The van der Waals surface area contributed by atoms with Crippen LogP contribution in [0.15, 0.2) is 54.6 Å². The first kappa shape index (κ1) is 22.0. The lowest BCUT2D eigenvalue weighted by atomic mass is 9.96. The molecule has 1 aliphatic carbocycles. The zero-order valence-corrected chi connectivity index (χ0v) is 19.1. The molecule has 2 unspecified atom stereocenters. The number of piperidine rings is 1. The molecule has 1 N–H and O–H groups in total. The van der Waals surface area contributed by atoms with E-state index in [1.54, 1.807) is 0 Å². The number of nitrogens with zero attached hydrogens (tertiary/aromatic N) is 1. The van der Waals surface area contributed by atoms with Gasteiger partial charge in [-0.05, 0) is 88.8 Å². The van der Waals surface area contributed by atoms with E-state index < -0.39 is 5.60 Å². The third kappa shape index (κ3) is 6.41. The molecule has 2 atom stereocenters. The first-order chi connectivity index (χ1) is 14.9. The Morgan fingerprint density at radius 2 is 1.71 bits per heavy atom. The summed E-state index contributed by atoms with van der Waals surface area (Å²) in [6.07, 6.45) is 3.79. The van der Waals surface area contributed by atoms with Gasteiger partial charge in [-0.2, -0.15) is 0 Å². The fourth-order valence-electron chi connectivity index (χ4n) is 4.50. The lowest BCUT2D eigenvalue weighted by Gasteiger charge is -2.32. The molecular weight excluding hydrogens is 384 g/mol. The highest BCUT2D eigenvalue weighted by molar-refractivity contribution is 5.89. The zero-order chi connectivity index (χ0) is 21.8. The van der Waals surface area contributed by atoms with E-state index in [9.17, 15) is 4.79 Å². The second-order valence-corrected chi connectivity index (χ2v) is 10.2. The first-order valence-corrected chi connectivity index (χ1v) is 11.7. The lowest BCUT2D eigenvalue weighted by Crippen LogP contribution is -2.37. The molecule has 2 aromatic carbocycles. The van der Waals surface area contributed by atoms with Gasteiger partial charge in [-0.15, -0.1) is 0 Å². The normalized spacial score (nSPS) is 22.3. The maximum atomic E-state index is 12.2. The van der Waals surface area contributed by atoms with Crippen LogP contribution in [0, 0.1) is 5.92 Å². The minimum Gasteiger partial charge on any atom is -0.456 e. The Hall–Kier alpha value is -2.17. The number of ether oxygens (including phenoxy) is 1. The third-order valence-corrected chi connectivity index (χ3v) is 6.39. The summed E-state index contributed by atoms with van der Waals surface area (Å²) in [5.74, 6) is 1.24. The van der Waals surface area contributed by atoms with Crippen LogP contribution >= 0.6 is 0 Å². The van der Waals surface area contributed by atoms with Crippen molar-refractivity contribution in [3.05, 3.63) is 71.3 Å². The van der Waals surface area contributed by atoms with Crippen LogP contribution < -0.4 is 5.32 Å². The highest BCUT2D eigenvalue weighted by atomic mass is 16.6. The summed E-state index contributed by atoms with van der Waals surface area (Å²) in [6.45, 7) is 10.1. The summed E-state index contributed by atoms with van der Waals surface area (Å²) < 4.78 is 5.45. The Morgan fingerprint density at radius 1 is 1.03 bits per heavy atom. The van der Waals surface area contributed by atoms with Crippen LogP contribution in [0.5, 0.6) is 0 Å². The Labute approximate surface area is 187 Å². The van der Waals surface area contributed by atoms with Gasteiger partial charge in [0, 0.05) is 18.5 Å². The monoisotopic (exact) mass is 420 g/mol. The number of nitrogens with one attached hydrogen (secondary N) is 1. The van der Waals surface area contributed by atoms with Crippen molar-refractivity contribution in [3.63, 3.8) is 0 Å². The number of rotatable bonds is 7. The summed E-state index contributed by atoms with van der Waals surface area (Å²) >= 11 is 0. The van der Waals surface area contributed by atoms with Crippen molar-refractivity contribution in [1.29, 1.82) is 0 Å². The van der Waals surface area contributed by atoms with E-state index in [2.05, 4.69) is 52.7 Å². The maximum absolute atomic E-state index is 12.2. The van der Waals surface area contributed by atoms with Crippen LogP contribution in [0.2, 0.25) is 0 Å². The van der Waals surface area contributed by atoms with Gasteiger partial charge in [0.1, 0.15) is 5.60 Å². The van der Waals surface area contributed by atoms with Gasteiger partial charge >= 0.3 is 5.97 Å². The Kier molecular flexibility index (Phi) is 6.78. The Balaban J connectivity index is 1.16. The smallest absolute Gasteiger partial charge is 0.338 e. The van der Waals surface area contributed by atoms with Crippen molar-refractivity contribution < 1.29 is 9.53 Å². The predicted molar refractivity (Wildman–Crippen MR) is 125 cm³/mol. The van der Waals surface area contributed by atoms with Gasteiger partial charge in [0.2, 0.25) is 0 Å². The highest BCUT2D eigenvalue weighted by Crippen LogP contribution is 2.40. The molecule has 0 aromatic heterocycles. The van der Waals surface area contributed by atoms with E-state index in [1.807, 2.05) is 32.9 Å².